The second-order valence-corrected chi connectivity index (χ2v) is 8.03. The standard InChI is InChI=1S/C13H20N2O4S/c1-9(2)20(17,18)6-5-19-13(16)12-7-10(14)8-15(12)11-3-4-11/h7-9,11H,3-6,14H2,1-2H3. The monoisotopic (exact) mass is 300 g/mol. The van der Waals surface area contributed by atoms with Crippen LogP contribution < -0.4 is 5.73 Å². The predicted molar refractivity (Wildman–Crippen MR) is 76.3 cm³/mol. The van der Waals surface area contributed by atoms with E-state index in [0.717, 1.165) is 12.8 Å². The van der Waals surface area contributed by atoms with E-state index in [0.29, 0.717) is 17.4 Å². The molecule has 1 saturated carbocycles. The number of aromatic nitrogens is 1. The van der Waals surface area contributed by atoms with E-state index in [1.807, 2.05) is 4.57 Å². The molecule has 2 rings (SSSR count). The number of sulfone groups is 1. The summed E-state index contributed by atoms with van der Waals surface area (Å²) in [6.45, 7) is 3.08. The van der Waals surface area contributed by atoms with Crippen molar-refractivity contribution in [2.24, 2.45) is 0 Å². The molecular weight excluding hydrogens is 280 g/mol. The Morgan fingerprint density at radius 2 is 2.15 bits per heavy atom. The van der Waals surface area contributed by atoms with E-state index >= 15 is 0 Å². The summed E-state index contributed by atoms with van der Waals surface area (Å²) >= 11 is 0. The van der Waals surface area contributed by atoms with Crippen LogP contribution >= 0.6 is 0 Å². The molecule has 1 fully saturated rings. The minimum absolute atomic E-state index is 0.130. The van der Waals surface area contributed by atoms with Crippen LogP contribution in [-0.4, -0.2) is 36.6 Å². The van der Waals surface area contributed by atoms with Gasteiger partial charge in [-0.15, -0.1) is 0 Å². The molecule has 1 heterocycles. The Morgan fingerprint density at radius 1 is 1.50 bits per heavy atom. The molecule has 0 aliphatic heterocycles. The third kappa shape index (κ3) is 3.33. The predicted octanol–water partition coefficient (Wildman–Crippen LogP) is 1.39. The van der Waals surface area contributed by atoms with E-state index < -0.39 is 21.1 Å². The smallest absolute Gasteiger partial charge is 0.355 e. The number of nitrogen functional groups attached to an aromatic ring is 1. The number of esters is 1. The molecule has 6 nitrogen and oxygen atoms in total. The molecule has 0 unspecified atom stereocenters. The van der Waals surface area contributed by atoms with Crippen molar-refractivity contribution in [1.29, 1.82) is 0 Å². The Balaban J connectivity index is 1.96. The lowest BCUT2D eigenvalue weighted by Crippen LogP contribution is -2.23. The molecule has 7 heteroatoms. The van der Waals surface area contributed by atoms with E-state index in [2.05, 4.69) is 0 Å². The van der Waals surface area contributed by atoms with Crippen molar-refractivity contribution in [3.05, 3.63) is 18.0 Å². The molecular formula is C13H20N2O4S. The van der Waals surface area contributed by atoms with Crippen LogP contribution in [0.25, 0.3) is 0 Å². The van der Waals surface area contributed by atoms with Crippen molar-refractivity contribution in [2.75, 3.05) is 18.1 Å². The average molecular weight is 300 g/mol. The number of nitrogens with two attached hydrogens (primary N) is 1. The highest BCUT2D eigenvalue weighted by atomic mass is 32.2. The van der Waals surface area contributed by atoms with Gasteiger partial charge in [0.25, 0.3) is 0 Å². The summed E-state index contributed by atoms with van der Waals surface area (Å²) in [5.74, 6) is -0.678. The Hall–Kier alpha value is -1.50. The number of carbonyl (C=O) groups excluding carboxylic acids is 1. The van der Waals surface area contributed by atoms with Crippen LogP contribution in [0.3, 0.4) is 0 Å². The summed E-state index contributed by atoms with van der Waals surface area (Å²) in [7, 11) is -3.19. The highest BCUT2D eigenvalue weighted by Crippen LogP contribution is 2.37. The van der Waals surface area contributed by atoms with Crippen molar-refractivity contribution < 1.29 is 17.9 Å². The van der Waals surface area contributed by atoms with E-state index in [1.165, 1.54) is 0 Å². The molecule has 0 atom stereocenters. The second kappa shape index (κ2) is 5.47. The van der Waals surface area contributed by atoms with Crippen LogP contribution in [0.2, 0.25) is 0 Å². The second-order valence-electron chi connectivity index (χ2n) is 5.35. The number of anilines is 1. The molecule has 112 valence electrons. The first-order chi connectivity index (χ1) is 9.31. The van der Waals surface area contributed by atoms with Gasteiger partial charge in [-0.1, -0.05) is 0 Å². The normalized spacial score (nSPS) is 15.6. The third-order valence-electron chi connectivity index (χ3n) is 3.34. The highest BCUT2D eigenvalue weighted by molar-refractivity contribution is 7.91. The SMILES string of the molecule is CC(C)S(=O)(=O)CCOC(=O)c1cc(N)cn1C1CC1. The maximum absolute atomic E-state index is 12.0. The van der Waals surface area contributed by atoms with Crippen LogP contribution in [0, 0.1) is 0 Å². The summed E-state index contributed by atoms with van der Waals surface area (Å²) in [6, 6.07) is 1.88. The average Bonchev–Trinajstić information content (AvgIpc) is 3.11. The molecule has 0 aromatic carbocycles. The molecule has 0 amide bonds. The maximum atomic E-state index is 12.0. The molecule has 20 heavy (non-hydrogen) atoms. The van der Waals surface area contributed by atoms with Crippen LogP contribution in [0.5, 0.6) is 0 Å². The van der Waals surface area contributed by atoms with Crippen molar-refractivity contribution in [3.8, 4) is 0 Å². The highest BCUT2D eigenvalue weighted by Gasteiger charge is 2.28. The molecule has 1 aromatic rings. The lowest BCUT2D eigenvalue weighted by Gasteiger charge is -2.09. The fraction of sp³-hybridized carbons (Fsp3) is 0.615. The molecule has 2 N–H and O–H groups in total. The van der Waals surface area contributed by atoms with Crippen molar-refractivity contribution >= 4 is 21.5 Å². The lowest BCUT2D eigenvalue weighted by atomic mass is 10.4. The molecule has 1 aromatic heterocycles. The zero-order chi connectivity index (χ0) is 14.9. The van der Waals surface area contributed by atoms with Gasteiger partial charge in [0.2, 0.25) is 0 Å². The van der Waals surface area contributed by atoms with Gasteiger partial charge in [0.05, 0.1) is 16.7 Å². The lowest BCUT2D eigenvalue weighted by molar-refractivity contribution is 0.0516. The van der Waals surface area contributed by atoms with Gasteiger partial charge in [-0.05, 0) is 32.8 Å². The summed E-state index contributed by atoms with van der Waals surface area (Å²) < 4.78 is 30.1. The van der Waals surface area contributed by atoms with Gasteiger partial charge in [-0.25, -0.2) is 13.2 Å². The van der Waals surface area contributed by atoms with Crippen molar-refractivity contribution in [3.63, 3.8) is 0 Å². The van der Waals surface area contributed by atoms with Gasteiger partial charge >= 0.3 is 5.97 Å². The van der Waals surface area contributed by atoms with E-state index in [-0.39, 0.29) is 12.4 Å². The Morgan fingerprint density at radius 3 is 2.70 bits per heavy atom. The number of hydrogen-bond acceptors (Lipinski definition) is 5. The molecule has 1 aliphatic carbocycles. The number of carbonyl (C=O) groups is 1. The van der Waals surface area contributed by atoms with Crippen LogP contribution in [0.15, 0.2) is 12.3 Å². The van der Waals surface area contributed by atoms with Gasteiger partial charge in [0.1, 0.15) is 12.3 Å². The van der Waals surface area contributed by atoms with Crippen LogP contribution in [0.1, 0.15) is 43.2 Å². The quantitative estimate of drug-likeness (QED) is 0.801. The van der Waals surface area contributed by atoms with Gasteiger partial charge < -0.3 is 15.0 Å². The maximum Gasteiger partial charge on any atom is 0.355 e. The van der Waals surface area contributed by atoms with E-state index in [1.54, 1.807) is 26.1 Å². The van der Waals surface area contributed by atoms with Gasteiger partial charge in [-0.2, -0.15) is 0 Å². The fourth-order valence-electron chi connectivity index (χ4n) is 1.88. The van der Waals surface area contributed by atoms with Gasteiger partial charge in [0.15, 0.2) is 9.84 Å². The summed E-state index contributed by atoms with van der Waals surface area (Å²) in [5.41, 5.74) is 6.60. The number of ether oxygens (including phenoxy) is 1. The first kappa shape index (κ1) is 14.9. The van der Waals surface area contributed by atoms with Crippen molar-refractivity contribution in [2.45, 2.75) is 38.0 Å². The zero-order valence-electron chi connectivity index (χ0n) is 11.7. The third-order valence-corrected chi connectivity index (χ3v) is 5.51. The molecule has 0 radical (unpaired) electrons. The Bertz CT molecular complexity index is 600. The first-order valence-corrected chi connectivity index (χ1v) is 8.39. The molecule has 0 saturated heterocycles. The molecule has 0 spiro atoms. The van der Waals surface area contributed by atoms with Crippen molar-refractivity contribution in [1.82, 2.24) is 4.57 Å². The summed E-state index contributed by atoms with van der Waals surface area (Å²) in [6.07, 6.45) is 3.77. The minimum atomic E-state index is -3.19. The first-order valence-electron chi connectivity index (χ1n) is 6.67. The summed E-state index contributed by atoms with van der Waals surface area (Å²) in [4.78, 5) is 12.0. The molecule has 0 bridgehead atoms. The Labute approximate surface area is 118 Å². The van der Waals surface area contributed by atoms with E-state index in [9.17, 15) is 13.2 Å². The molecule has 1 aliphatic rings. The van der Waals surface area contributed by atoms with Gasteiger partial charge in [0, 0.05) is 12.2 Å². The van der Waals surface area contributed by atoms with E-state index in [4.69, 9.17) is 10.5 Å². The van der Waals surface area contributed by atoms with Crippen LogP contribution in [-0.2, 0) is 14.6 Å². The number of hydrogen-bond donors (Lipinski definition) is 1. The minimum Gasteiger partial charge on any atom is -0.460 e. The zero-order valence-corrected chi connectivity index (χ0v) is 12.5. The number of rotatable bonds is 6. The summed E-state index contributed by atoms with van der Waals surface area (Å²) in [5, 5.41) is -0.466. The Kier molecular flexibility index (Phi) is 4.08. The fourth-order valence-corrected chi connectivity index (χ4v) is 2.67. The van der Waals surface area contributed by atoms with Crippen LogP contribution in [0.4, 0.5) is 5.69 Å². The number of nitrogens with zero attached hydrogens (tertiary/aromatic N) is 1. The largest absolute Gasteiger partial charge is 0.460 e. The van der Waals surface area contributed by atoms with Gasteiger partial charge in [-0.3, -0.25) is 0 Å². The topological polar surface area (TPSA) is 91.4 Å².